The molecule has 0 saturated heterocycles. The van der Waals surface area contributed by atoms with E-state index < -0.39 is 0 Å². The highest BCUT2D eigenvalue weighted by Crippen LogP contribution is 2.14. The number of aromatic hydroxyl groups is 1. The average molecular weight is 277 g/mol. The zero-order chi connectivity index (χ0) is 13.8. The van der Waals surface area contributed by atoms with Crippen molar-refractivity contribution in [3.05, 3.63) is 58.9 Å². The predicted octanol–water partition coefficient (Wildman–Crippen LogP) is 2.71. The van der Waals surface area contributed by atoms with Crippen LogP contribution in [0.25, 0.3) is 0 Å². The first-order chi connectivity index (χ1) is 9.06. The fraction of sp³-hybridized carbons (Fsp3) is 0.143. The molecule has 1 aromatic heterocycles. The van der Waals surface area contributed by atoms with Crippen molar-refractivity contribution in [1.82, 2.24) is 9.88 Å². The third-order valence-electron chi connectivity index (χ3n) is 2.65. The molecule has 0 atom stereocenters. The van der Waals surface area contributed by atoms with Crippen molar-refractivity contribution in [3.8, 4) is 5.75 Å². The van der Waals surface area contributed by atoms with Gasteiger partial charge in [0.1, 0.15) is 10.9 Å². The lowest BCUT2D eigenvalue weighted by atomic mass is 10.2. The SMILES string of the molecule is CN(Cc1cccc(O)c1)C(=O)c1ccnc(Cl)c1. The molecule has 0 aliphatic carbocycles. The predicted molar refractivity (Wildman–Crippen MR) is 73.2 cm³/mol. The van der Waals surface area contributed by atoms with Crippen molar-refractivity contribution in [3.63, 3.8) is 0 Å². The van der Waals surface area contributed by atoms with Crippen LogP contribution in [-0.4, -0.2) is 27.9 Å². The van der Waals surface area contributed by atoms with Crippen LogP contribution in [0.5, 0.6) is 5.75 Å². The molecule has 19 heavy (non-hydrogen) atoms. The van der Waals surface area contributed by atoms with Crippen LogP contribution in [0.2, 0.25) is 5.15 Å². The van der Waals surface area contributed by atoms with Crippen LogP contribution in [0.4, 0.5) is 0 Å². The van der Waals surface area contributed by atoms with Gasteiger partial charge in [-0.15, -0.1) is 0 Å². The van der Waals surface area contributed by atoms with Gasteiger partial charge in [0.2, 0.25) is 0 Å². The van der Waals surface area contributed by atoms with E-state index in [2.05, 4.69) is 4.98 Å². The molecule has 4 nitrogen and oxygen atoms in total. The molecule has 1 N–H and O–H groups in total. The first kappa shape index (κ1) is 13.4. The fourth-order valence-electron chi connectivity index (χ4n) is 1.76. The van der Waals surface area contributed by atoms with Crippen LogP contribution < -0.4 is 0 Å². The Morgan fingerprint density at radius 1 is 1.37 bits per heavy atom. The van der Waals surface area contributed by atoms with Crippen molar-refractivity contribution < 1.29 is 9.90 Å². The van der Waals surface area contributed by atoms with E-state index >= 15 is 0 Å². The van der Waals surface area contributed by atoms with Gasteiger partial charge in [0, 0.05) is 25.4 Å². The number of amides is 1. The summed E-state index contributed by atoms with van der Waals surface area (Å²) in [7, 11) is 1.70. The molecule has 0 aliphatic heterocycles. The summed E-state index contributed by atoms with van der Waals surface area (Å²) >= 11 is 5.76. The number of nitrogens with zero attached hydrogens (tertiary/aromatic N) is 2. The van der Waals surface area contributed by atoms with E-state index in [1.807, 2.05) is 6.07 Å². The Morgan fingerprint density at radius 2 is 2.16 bits per heavy atom. The lowest BCUT2D eigenvalue weighted by Gasteiger charge is -2.17. The second kappa shape index (κ2) is 5.71. The normalized spacial score (nSPS) is 10.2. The molecule has 0 bridgehead atoms. The van der Waals surface area contributed by atoms with E-state index in [1.54, 1.807) is 36.2 Å². The lowest BCUT2D eigenvalue weighted by molar-refractivity contribution is 0.0785. The van der Waals surface area contributed by atoms with Gasteiger partial charge >= 0.3 is 0 Å². The molecule has 0 spiro atoms. The molecule has 98 valence electrons. The minimum absolute atomic E-state index is 0.146. The Balaban J connectivity index is 2.12. The summed E-state index contributed by atoms with van der Waals surface area (Å²) in [5.74, 6) is 0.0398. The van der Waals surface area contributed by atoms with Crippen LogP contribution in [0.1, 0.15) is 15.9 Å². The summed E-state index contributed by atoms with van der Waals surface area (Å²) in [6, 6.07) is 9.96. The molecule has 0 saturated carbocycles. The smallest absolute Gasteiger partial charge is 0.254 e. The highest BCUT2D eigenvalue weighted by Gasteiger charge is 2.12. The Morgan fingerprint density at radius 3 is 2.84 bits per heavy atom. The number of aromatic nitrogens is 1. The maximum Gasteiger partial charge on any atom is 0.254 e. The standard InChI is InChI=1S/C14H13ClN2O2/c1-17(9-10-3-2-4-12(18)7-10)14(19)11-5-6-16-13(15)8-11/h2-8,18H,9H2,1H3. The summed E-state index contributed by atoms with van der Waals surface area (Å²) in [6.45, 7) is 0.410. The zero-order valence-electron chi connectivity index (χ0n) is 10.4. The fourth-order valence-corrected chi connectivity index (χ4v) is 1.93. The van der Waals surface area contributed by atoms with E-state index in [4.69, 9.17) is 11.6 Å². The van der Waals surface area contributed by atoms with Crippen molar-refractivity contribution in [2.24, 2.45) is 0 Å². The second-order valence-electron chi connectivity index (χ2n) is 4.20. The highest BCUT2D eigenvalue weighted by molar-refractivity contribution is 6.29. The van der Waals surface area contributed by atoms with Gasteiger partial charge in [-0.1, -0.05) is 23.7 Å². The number of hydrogen-bond donors (Lipinski definition) is 1. The number of benzene rings is 1. The number of carbonyl (C=O) groups is 1. The third-order valence-corrected chi connectivity index (χ3v) is 2.86. The molecule has 0 aliphatic rings. The number of halogens is 1. The van der Waals surface area contributed by atoms with Crippen LogP contribution in [0.15, 0.2) is 42.6 Å². The number of phenols is 1. The quantitative estimate of drug-likeness (QED) is 0.877. The Labute approximate surface area is 116 Å². The summed E-state index contributed by atoms with van der Waals surface area (Å²) in [6.07, 6.45) is 1.50. The Bertz CT molecular complexity index is 602. The second-order valence-corrected chi connectivity index (χ2v) is 4.59. The number of pyridine rings is 1. The van der Waals surface area contributed by atoms with Crippen LogP contribution in [0, 0.1) is 0 Å². The van der Waals surface area contributed by atoms with E-state index in [9.17, 15) is 9.90 Å². The van der Waals surface area contributed by atoms with Gasteiger partial charge in [0.05, 0.1) is 0 Å². The maximum atomic E-state index is 12.2. The molecule has 2 rings (SSSR count). The average Bonchev–Trinajstić information content (AvgIpc) is 2.38. The highest BCUT2D eigenvalue weighted by atomic mass is 35.5. The molecular formula is C14H13ClN2O2. The number of rotatable bonds is 3. The van der Waals surface area contributed by atoms with E-state index in [-0.39, 0.29) is 16.8 Å². The molecule has 1 heterocycles. The van der Waals surface area contributed by atoms with Crippen LogP contribution >= 0.6 is 11.6 Å². The monoisotopic (exact) mass is 276 g/mol. The van der Waals surface area contributed by atoms with E-state index in [0.717, 1.165) is 5.56 Å². The molecule has 2 aromatic rings. The number of hydrogen-bond acceptors (Lipinski definition) is 3. The molecule has 1 aromatic carbocycles. The number of carbonyl (C=O) groups excluding carboxylic acids is 1. The van der Waals surface area contributed by atoms with Crippen LogP contribution in [-0.2, 0) is 6.54 Å². The largest absolute Gasteiger partial charge is 0.508 e. The molecule has 1 amide bonds. The molecular weight excluding hydrogens is 264 g/mol. The van der Waals surface area contributed by atoms with Crippen molar-refractivity contribution in [2.45, 2.75) is 6.54 Å². The van der Waals surface area contributed by atoms with Gasteiger partial charge < -0.3 is 10.0 Å². The summed E-state index contributed by atoms with van der Waals surface area (Å²) in [5, 5.41) is 9.68. The van der Waals surface area contributed by atoms with Gasteiger partial charge in [-0.05, 0) is 29.8 Å². The zero-order valence-corrected chi connectivity index (χ0v) is 11.1. The number of phenolic OH excluding ortho intramolecular Hbond substituents is 1. The van der Waals surface area contributed by atoms with Gasteiger partial charge in [0.15, 0.2) is 0 Å². The van der Waals surface area contributed by atoms with Crippen LogP contribution in [0.3, 0.4) is 0 Å². The van der Waals surface area contributed by atoms with Gasteiger partial charge in [-0.3, -0.25) is 4.79 Å². The first-order valence-electron chi connectivity index (χ1n) is 5.71. The van der Waals surface area contributed by atoms with Crippen molar-refractivity contribution in [1.29, 1.82) is 0 Å². The Kier molecular flexibility index (Phi) is 4.02. The molecule has 0 radical (unpaired) electrons. The first-order valence-corrected chi connectivity index (χ1v) is 6.09. The van der Waals surface area contributed by atoms with Crippen molar-refractivity contribution in [2.75, 3.05) is 7.05 Å². The summed E-state index contributed by atoms with van der Waals surface area (Å²) in [4.78, 5) is 17.6. The van der Waals surface area contributed by atoms with E-state index in [1.165, 1.54) is 12.3 Å². The molecule has 0 unspecified atom stereocenters. The summed E-state index contributed by atoms with van der Waals surface area (Å²) in [5.41, 5.74) is 1.35. The third kappa shape index (κ3) is 3.45. The van der Waals surface area contributed by atoms with Gasteiger partial charge in [-0.2, -0.15) is 0 Å². The maximum absolute atomic E-state index is 12.2. The topological polar surface area (TPSA) is 53.4 Å². The molecule has 5 heteroatoms. The van der Waals surface area contributed by atoms with Crippen molar-refractivity contribution >= 4 is 17.5 Å². The lowest BCUT2D eigenvalue weighted by Crippen LogP contribution is -2.26. The Hall–Kier alpha value is -2.07. The van der Waals surface area contributed by atoms with Gasteiger partial charge in [-0.25, -0.2) is 4.98 Å². The molecule has 0 fully saturated rings. The summed E-state index contributed by atoms with van der Waals surface area (Å²) < 4.78 is 0. The minimum Gasteiger partial charge on any atom is -0.508 e. The van der Waals surface area contributed by atoms with E-state index in [0.29, 0.717) is 12.1 Å². The minimum atomic E-state index is -0.146. The van der Waals surface area contributed by atoms with Gasteiger partial charge in [0.25, 0.3) is 5.91 Å².